The second kappa shape index (κ2) is 7.28. The van der Waals surface area contributed by atoms with E-state index in [0.717, 1.165) is 27.3 Å². The number of nitrogens with one attached hydrogen (secondary N) is 1. The Morgan fingerprint density at radius 1 is 1.00 bits per heavy atom. The van der Waals surface area contributed by atoms with Crippen LogP contribution in [-0.4, -0.2) is 24.6 Å². The van der Waals surface area contributed by atoms with E-state index in [1.807, 2.05) is 12.1 Å². The van der Waals surface area contributed by atoms with E-state index in [4.69, 9.17) is 0 Å². The number of rotatable bonds is 5. The SMILES string of the molecule is CC(C)S(=O)(=O)c1ccc(CC(=O)Nc2nc3c(s2)-c2cccc4cccc-3c24)cc1. The van der Waals surface area contributed by atoms with Crippen molar-refractivity contribution in [3.05, 3.63) is 66.2 Å². The number of sulfone groups is 1. The Balaban J connectivity index is 1.34. The summed E-state index contributed by atoms with van der Waals surface area (Å²) in [6.07, 6.45) is 0.151. The zero-order chi connectivity index (χ0) is 21.8. The fourth-order valence-corrected chi connectivity index (χ4v) is 5.97. The molecular weight excluding hydrogens is 428 g/mol. The molecule has 1 amide bonds. The summed E-state index contributed by atoms with van der Waals surface area (Å²) >= 11 is 1.48. The third-order valence-corrected chi connectivity index (χ3v) is 8.69. The van der Waals surface area contributed by atoms with E-state index in [-0.39, 0.29) is 17.2 Å². The van der Waals surface area contributed by atoms with Crippen molar-refractivity contribution in [2.45, 2.75) is 30.4 Å². The van der Waals surface area contributed by atoms with E-state index in [1.54, 1.807) is 38.1 Å². The summed E-state index contributed by atoms with van der Waals surface area (Å²) in [4.78, 5) is 18.6. The predicted octanol–water partition coefficient (Wildman–Crippen LogP) is 5.31. The molecular formula is C24H20N2O3S2. The first-order chi connectivity index (χ1) is 14.8. The number of aromatic nitrogens is 1. The van der Waals surface area contributed by atoms with E-state index in [2.05, 4.69) is 34.6 Å². The minimum absolute atomic E-state index is 0.151. The van der Waals surface area contributed by atoms with E-state index >= 15 is 0 Å². The minimum Gasteiger partial charge on any atom is -0.302 e. The fraction of sp³-hybridized carbons (Fsp3) is 0.167. The van der Waals surface area contributed by atoms with Crippen molar-refractivity contribution in [2.75, 3.05) is 5.32 Å². The van der Waals surface area contributed by atoms with Crippen LogP contribution in [0.1, 0.15) is 19.4 Å². The van der Waals surface area contributed by atoms with Crippen LogP contribution in [0.5, 0.6) is 0 Å². The van der Waals surface area contributed by atoms with Gasteiger partial charge in [0.05, 0.1) is 27.1 Å². The molecule has 0 saturated heterocycles. The first-order valence-corrected chi connectivity index (χ1v) is 12.4. The van der Waals surface area contributed by atoms with Gasteiger partial charge in [0, 0.05) is 11.1 Å². The molecule has 7 heteroatoms. The van der Waals surface area contributed by atoms with Gasteiger partial charge in [-0.15, -0.1) is 0 Å². The topological polar surface area (TPSA) is 76.1 Å². The molecule has 0 fully saturated rings. The van der Waals surface area contributed by atoms with Gasteiger partial charge in [0.1, 0.15) is 0 Å². The number of thiazole rings is 1. The summed E-state index contributed by atoms with van der Waals surface area (Å²) in [5.74, 6) is -0.182. The van der Waals surface area contributed by atoms with Crippen molar-refractivity contribution in [1.29, 1.82) is 0 Å². The van der Waals surface area contributed by atoms with Crippen LogP contribution in [0, 0.1) is 0 Å². The third-order valence-electron chi connectivity index (χ3n) is 5.52. The van der Waals surface area contributed by atoms with Gasteiger partial charge in [0.2, 0.25) is 5.91 Å². The van der Waals surface area contributed by atoms with Crippen molar-refractivity contribution >= 4 is 43.0 Å². The Hall–Kier alpha value is -3.03. The lowest BCUT2D eigenvalue weighted by Gasteiger charge is -2.08. The maximum absolute atomic E-state index is 12.6. The van der Waals surface area contributed by atoms with Crippen LogP contribution in [0.2, 0.25) is 0 Å². The standard InChI is InChI=1S/C24H20N2O3S2/c1-14(2)31(28,29)17-11-9-15(10-12-17)13-20(27)25-24-26-22-18-7-3-5-16-6-4-8-19(21(16)18)23(22)30-24/h3-12,14H,13H2,1-2H3,(H,25,26,27). The highest BCUT2D eigenvalue weighted by Gasteiger charge is 2.26. The first-order valence-electron chi connectivity index (χ1n) is 10.0. The van der Waals surface area contributed by atoms with Gasteiger partial charge < -0.3 is 5.32 Å². The van der Waals surface area contributed by atoms with Crippen LogP contribution in [-0.2, 0) is 21.1 Å². The van der Waals surface area contributed by atoms with Gasteiger partial charge in [0.25, 0.3) is 0 Å². The Morgan fingerprint density at radius 2 is 1.68 bits per heavy atom. The second-order valence-corrected chi connectivity index (χ2v) is 11.4. The molecule has 1 aromatic heterocycles. The zero-order valence-corrected chi connectivity index (χ0v) is 18.7. The van der Waals surface area contributed by atoms with E-state index in [0.29, 0.717) is 5.13 Å². The highest BCUT2D eigenvalue weighted by molar-refractivity contribution is 7.92. The molecule has 0 unspecified atom stereocenters. The van der Waals surface area contributed by atoms with Crippen LogP contribution in [0.15, 0.2) is 65.6 Å². The van der Waals surface area contributed by atoms with E-state index < -0.39 is 15.1 Å². The highest BCUT2D eigenvalue weighted by atomic mass is 32.2. The molecule has 0 radical (unpaired) electrons. The van der Waals surface area contributed by atoms with Gasteiger partial charge in [-0.05, 0) is 42.3 Å². The van der Waals surface area contributed by atoms with Gasteiger partial charge in [-0.3, -0.25) is 4.79 Å². The number of benzene rings is 3. The summed E-state index contributed by atoms with van der Waals surface area (Å²) in [6, 6.07) is 18.9. The highest BCUT2D eigenvalue weighted by Crippen LogP contribution is 2.50. The Kier molecular flexibility index (Phi) is 4.68. The van der Waals surface area contributed by atoms with E-state index in [9.17, 15) is 13.2 Å². The maximum Gasteiger partial charge on any atom is 0.230 e. The van der Waals surface area contributed by atoms with Crippen LogP contribution in [0.25, 0.3) is 32.5 Å². The van der Waals surface area contributed by atoms with Crippen molar-refractivity contribution in [3.63, 3.8) is 0 Å². The normalized spacial score (nSPS) is 12.4. The number of amides is 1. The summed E-state index contributed by atoms with van der Waals surface area (Å²) in [5.41, 5.74) is 3.92. The lowest BCUT2D eigenvalue weighted by Crippen LogP contribution is -2.15. The number of carbonyl (C=O) groups is 1. The number of nitrogens with zero attached hydrogens (tertiary/aromatic N) is 1. The largest absolute Gasteiger partial charge is 0.302 e. The molecule has 5 rings (SSSR count). The van der Waals surface area contributed by atoms with Crippen LogP contribution < -0.4 is 5.32 Å². The summed E-state index contributed by atoms with van der Waals surface area (Å²) < 4.78 is 24.5. The fourth-order valence-electron chi connectivity index (χ4n) is 3.88. The lowest BCUT2D eigenvalue weighted by atomic mass is 10.0. The molecule has 0 bridgehead atoms. The number of fused-ring (bicyclic) bond motifs is 3. The van der Waals surface area contributed by atoms with Crippen molar-refractivity contribution in [1.82, 2.24) is 4.98 Å². The monoisotopic (exact) mass is 448 g/mol. The number of carbonyl (C=O) groups excluding carboxylic acids is 1. The Labute approximate surface area is 184 Å². The van der Waals surface area contributed by atoms with Crippen LogP contribution >= 0.6 is 11.3 Å². The van der Waals surface area contributed by atoms with Gasteiger partial charge in [-0.1, -0.05) is 59.9 Å². The number of hydrogen-bond acceptors (Lipinski definition) is 5. The predicted molar refractivity (Wildman–Crippen MR) is 125 cm³/mol. The van der Waals surface area contributed by atoms with Crippen molar-refractivity contribution in [2.24, 2.45) is 0 Å². The number of hydrogen-bond donors (Lipinski definition) is 1. The second-order valence-electron chi connectivity index (χ2n) is 7.87. The van der Waals surface area contributed by atoms with Crippen LogP contribution in [0.3, 0.4) is 0 Å². The summed E-state index contributed by atoms with van der Waals surface area (Å²) in [5, 5.41) is 5.39. The number of anilines is 1. The molecule has 1 aliphatic carbocycles. The van der Waals surface area contributed by atoms with Gasteiger partial charge in [-0.2, -0.15) is 0 Å². The van der Waals surface area contributed by atoms with E-state index in [1.165, 1.54) is 22.1 Å². The average Bonchev–Trinajstić information content (AvgIpc) is 3.28. The smallest absolute Gasteiger partial charge is 0.230 e. The first kappa shape index (κ1) is 19.9. The molecule has 0 atom stereocenters. The maximum atomic E-state index is 12.6. The van der Waals surface area contributed by atoms with Crippen molar-refractivity contribution in [3.8, 4) is 21.7 Å². The minimum atomic E-state index is -3.32. The lowest BCUT2D eigenvalue weighted by molar-refractivity contribution is -0.115. The van der Waals surface area contributed by atoms with Gasteiger partial charge in [0.15, 0.2) is 15.0 Å². The van der Waals surface area contributed by atoms with Gasteiger partial charge in [-0.25, -0.2) is 13.4 Å². The van der Waals surface area contributed by atoms with Gasteiger partial charge >= 0.3 is 0 Å². The average molecular weight is 449 g/mol. The molecule has 1 heterocycles. The molecule has 1 N–H and O–H groups in total. The summed E-state index contributed by atoms with van der Waals surface area (Å²) in [6.45, 7) is 3.31. The Morgan fingerprint density at radius 3 is 2.35 bits per heavy atom. The quantitative estimate of drug-likeness (QED) is 0.395. The molecule has 3 aromatic carbocycles. The molecule has 1 aliphatic rings. The molecule has 0 spiro atoms. The molecule has 156 valence electrons. The van der Waals surface area contributed by atoms with Crippen molar-refractivity contribution < 1.29 is 13.2 Å². The molecule has 5 nitrogen and oxygen atoms in total. The zero-order valence-electron chi connectivity index (χ0n) is 17.0. The van der Waals surface area contributed by atoms with Crippen LogP contribution in [0.4, 0.5) is 5.13 Å². The molecule has 31 heavy (non-hydrogen) atoms. The molecule has 0 saturated carbocycles. The molecule has 0 aliphatic heterocycles. The molecule has 4 aromatic rings. The third kappa shape index (κ3) is 3.34. The Bertz CT molecular complexity index is 1380. The summed E-state index contributed by atoms with van der Waals surface area (Å²) in [7, 11) is -3.32.